The molecule has 0 radical (unpaired) electrons. The van der Waals surface area contributed by atoms with Crippen LogP contribution in [0.4, 0.5) is 0 Å². The van der Waals surface area contributed by atoms with E-state index < -0.39 is 12.2 Å². The first-order valence-corrected chi connectivity index (χ1v) is 7.96. The summed E-state index contributed by atoms with van der Waals surface area (Å²) < 4.78 is 5.70. The zero-order valence-corrected chi connectivity index (χ0v) is 13.7. The van der Waals surface area contributed by atoms with Crippen LogP contribution in [0.25, 0.3) is 0 Å². The Balaban J connectivity index is 1.98. The molecule has 6 heteroatoms. The number of rotatable bonds is 7. The molecule has 0 bridgehead atoms. The minimum absolute atomic E-state index is 0.138. The van der Waals surface area contributed by atoms with E-state index >= 15 is 0 Å². The van der Waals surface area contributed by atoms with E-state index in [1.165, 1.54) is 12.5 Å². The molecule has 1 aliphatic rings. The van der Waals surface area contributed by atoms with Gasteiger partial charge in [-0.2, -0.15) is 0 Å². The Morgan fingerprint density at radius 1 is 1.30 bits per heavy atom. The summed E-state index contributed by atoms with van der Waals surface area (Å²) in [6.45, 7) is 2.29. The van der Waals surface area contributed by atoms with E-state index in [4.69, 9.17) is 4.74 Å². The van der Waals surface area contributed by atoms with Crippen molar-refractivity contribution < 1.29 is 19.7 Å². The molecule has 1 aliphatic heterocycles. The molecule has 0 spiro atoms. The van der Waals surface area contributed by atoms with Crippen molar-refractivity contribution in [2.24, 2.45) is 0 Å². The number of nitrogens with zero attached hydrogens (tertiary/aromatic N) is 1. The molecule has 2 rings (SSSR count). The number of ether oxygens (including phenoxy) is 1. The van der Waals surface area contributed by atoms with Crippen molar-refractivity contribution in [3.8, 4) is 0 Å². The van der Waals surface area contributed by atoms with Crippen molar-refractivity contribution in [3.05, 3.63) is 35.9 Å². The normalized spacial score (nSPS) is 27.3. The average Bonchev–Trinajstić information content (AvgIpc) is 2.87. The first-order chi connectivity index (χ1) is 11.0. The van der Waals surface area contributed by atoms with Gasteiger partial charge in [-0.1, -0.05) is 30.3 Å². The Labute approximate surface area is 137 Å². The highest BCUT2D eigenvalue weighted by molar-refractivity contribution is 5.72. The van der Waals surface area contributed by atoms with Crippen molar-refractivity contribution in [2.75, 3.05) is 26.7 Å². The Kier molecular flexibility index (Phi) is 6.53. The molecule has 1 heterocycles. The van der Waals surface area contributed by atoms with Crippen LogP contribution in [0.2, 0.25) is 0 Å². The Morgan fingerprint density at radius 2 is 2.00 bits per heavy atom. The summed E-state index contributed by atoms with van der Waals surface area (Å²) in [5.41, 5.74) is 1.23. The first kappa shape index (κ1) is 17.9. The van der Waals surface area contributed by atoms with Gasteiger partial charge in [0.05, 0.1) is 18.8 Å². The molecule has 1 aromatic carbocycles. The minimum atomic E-state index is -0.778. The van der Waals surface area contributed by atoms with E-state index in [-0.39, 0.29) is 24.7 Å². The van der Waals surface area contributed by atoms with Gasteiger partial charge in [0.15, 0.2) is 0 Å². The van der Waals surface area contributed by atoms with Crippen molar-refractivity contribution in [1.82, 2.24) is 10.2 Å². The summed E-state index contributed by atoms with van der Waals surface area (Å²) >= 11 is 0. The summed E-state index contributed by atoms with van der Waals surface area (Å²) in [4.78, 5) is 13.2. The van der Waals surface area contributed by atoms with Crippen LogP contribution in [0.15, 0.2) is 30.3 Å². The van der Waals surface area contributed by atoms with E-state index in [1.807, 2.05) is 30.1 Å². The zero-order valence-electron chi connectivity index (χ0n) is 13.7. The molecule has 6 nitrogen and oxygen atoms in total. The molecular formula is C17H26N2O4. The largest absolute Gasteiger partial charge is 0.394 e. The molecule has 0 aromatic heterocycles. The third kappa shape index (κ3) is 4.75. The van der Waals surface area contributed by atoms with Crippen LogP contribution in [-0.2, 0) is 16.0 Å². The number of aliphatic hydroxyl groups excluding tert-OH is 2. The Bertz CT molecular complexity index is 497. The van der Waals surface area contributed by atoms with Gasteiger partial charge in [0, 0.05) is 20.0 Å². The zero-order chi connectivity index (χ0) is 16.8. The van der Waals surface area contributed by atoms with Crippen molar-refractivity contribution in [2.45, 2.75) is 37.7 Å². The number of hydrogen-bond donors (Lipinski definition) is 3. The molecule has 3 N–H and O–H groups in total. The van der Waals surface area contributed by atoms with Crippen LogP contribution in [0.3, 0.4) is 0 Å². The standard InChI is InChI=1S/C17H26N2O4/c1-12(21)18-10-14-16(17(22)15(11-20)23-14)19(2)9-8-13-6-4-3-5-7-13/h3-7,14-17,20,22H,8-11H2,1-2H3,(H,18,21). The number of nitrogens with one attached hydrogen (secondary N) is 1. The smallest absolute Gasteiger partial charge is 0.216 e. The fourth-order valence-electron chi connectivity index (χ4n) is 3.03. The van der Waals surface area contributed by atoms with Crippen LogP contribution in [-0.4, -0.2) is 72.1 Å². The molecule has 23 heavy (non-hydrogen) atoms. The number of amides is 1. The minimum Gasteiger partial charge on any atom is -0.394 e. The van der Waals surface area contributed by atoms with Crippen LogP contribution in [0.5, 0.6) is 0 Å². The molecule has 1 saturated heterocycles. The van der Waals surface area contributed by atoms with E-state index in [0.717, 1.165) is 13.0 Å². The molecule has 1 fully saturated rings. The second kappa shape index (κ2) is 8.40. The average molecular weight is 322 g/mol. The third-order valence-corrected chi connectivity index (χ3v) is 4.30. The van der Waals surface area contributed by atoms with Gasteiger partial charge in [-0.15, -0.1) is 0 Å². The van der Waals surface area contributed by atoms with E-state index in [9.17, 15) is 15.0 Å². The van der Waals surface area contributed by atoms with Gasteiger partial charge in [0.2, 0.25) is 5.91 Å². The third-order valence-electron chi connectivity index (χ3n) is 4.30. The number of aliphatic hydroxyl groups is 2. The molecule has 128 valence electrons. The lowest BCUT2D eigenvalue weighted by Crippen LogP contribution is -2.50. The van der Waals surface area contributed by atoms with Gasteiger partial charge < -0.3 is 20.3 Å². The van der Waals surface area contributed by atoms with E-state index in [1.54, 1.807) is 0 Å². The first-order valence-electron chi connectivity index (χ1n) is 7.96. The highest BCUT2D eigenvalue weighted by atomic mass is 16.5. The summed E-state index contributed by atoms with van der Waals surface area (Å²) in [7, 11) is 1.93. The van der Waals surface area contributed by atoms with Gasteiger partial charge in [-0.05, 0) is 19.0 Å². The Hall–Kier alpha value is -1.47. The lowest BCUT2D eigenvalue weighted by atomic mass is 10.0. The monoisotopic (exact) mass is 322 g/mol. The summed E-state index contributed by atoms with van der Waals surface area (Å²) in [5.74, 6) is -0.138. The molecule has 1 aromatic rings. The van der Waals surface area contributed by atoms with Gasteiger partial charge in [-0.25, -0.2) is 0 Å². The van der Waals surface area contributed by atoms with Crippen molar-refractivity contribution >= 4 is 5.91 Å². The maximum atomic E-state index is 11.1. The quantitative estimate of drug-likeness (QED) is 0.647. The lowest BCUT2D eigenvalue weighted by molar-refractivity contribution is -0.119. The van der Waals surface area contributed by atoms with Gasteiger partial charge in [0.1, 0.15) is 12.2 Å². The maximum Gasteiger partial charge on any atom is 0.216 e. The number of likely N-dealkylation sites (N-methyl/N-ethyl adjacent to an activating group) is 1. The topological polar surface area (TPSA) is 82.0 Å². The second-order valence-corrected chi connectivity index (χ2v) is 6.03. The second-order valence-electron chi connectivity index (χ2n) is 6.03. The fourth-order valence-corrected chi connectivity index (χ4v) is 3.03. The molecule has 0 aliphatic carbocycles. The van der Waals surface area contributed by atoms with Gasteiger partial charge in [-0.3, -0.25) is 9.69 Å². The number of carbonyl (C=O) groups is 1. The summed E-state index contributed by atoms with van der Waals surface area (Å²) in [6, 6.07) is 9.87. The molecule has 1 amide bonds. The number of hydrogen-bond acceptors (Lipinski definition) is 5. The highest BCUT2D eigenvalue weighted by Gasteiger charge is 2.45. The molecular weight excluding hydrogens is 296 g/mol. The van der Waals surface area contributed by atoms with E-state index in [2.05, 4.69) is 17.4 Å². The van der Waals surface area contributed by atoms with Crippen LogP contribution in [0.1, 0.15) is 12.5 Å². The highest BCUT2D eigenvalue weighted by Crippen LogP contribution is 2.25. The predicted octanol–water partition coefficient (Wildman–Crippen LogP) is -0.214. The predicted molar refractivity (Wildman–Crippen MR) is 87.0 cm³/mol. The molecule has 4 unspecified atom stereocenters. The Morgan fingerprint density at radius 3 is 2.61 bits per heavy atom. The lowest BCUT2D eigenvalue weighted by Gasteiger charge is -2.30. The SMILES string of the molecule is CC(=O)NCC1OC(CO)C(O)C1N(C)CCc1ccccc1. The van der Waals surface area contributed by atoms with Gasteiger partial charge >= 0.3 is 0 Å². The number of carbonyl (C=O) groups excluding carboxylic acids is 1. The van der Waals surface area contributed by atoms with E-state index in [0.29, 0.717) is 6.54 Å². The van der Waals surface area contributed by atoms with Crippen LogP contribution in [0, 0.1) is 0 Å². The molecule has 0 saturated carbocycles. The van der Waals surface area contributed by atoms with Crippen LogP contribution >= 0.6 is 0 Å². The molecule has 4 atom stereocenters. The fraction of sp³-hybridized carbons (Fsp3) is 0.588. The van der Waals surface area contributed by atoms with Crippen molar-refractivity contribution in [1.29, 1.82) is 0 Å². The number of benzene rings is 1. The summed E-state index contributed by atoms with van der Waals surface area (Å²) in [5, 5.41) is 22.5. The van der Waals surface area contributed by atoms with Crippen molar-refractivity contribution in [3.63, 3.8) is 0 Å². The maximum absolute atomic E-state index is 11.1. The summed E-state index contributed by atoms with van der Waals surface area (Å²) in [6.07, 6.45) is -0.874. The van der Waals surface area contributed by atoms with Gasteiger partial charge in [0.25, 0.3) is 0 Å². The van der Waals surface area contributed by atoms with Crippen LogP contribution < -0.4 is 5.32 Å².